The van der Waals surface area contributed by atoms with E-state index in [4.69, 9.17) is 24.2 Å². The van der Waals surface area contributed by atoms with Gasteiger partial charge in [-0.3, -0.25) is 19.2 Å². The second-order valence-corrected chi connectivity index (χ2v) is 13.7. The molecular weight excluding hydrogens is 681 g/mol. The molecule has 0 aromatic heterocycles. The first-order valence-electron chi connectivity index (χ1n) is 16.2. The smallest absolute Gasteiger partial charge is 0.327 e. The van der Waals surface area contributed by atoms with E-state index in [9.17, 15) is 14.4 Å². The molecule has 4 fully saturated rings. The predicted molar refractivity (Wildman–Crippen MR) is 169 cm³/mol. The predicted octanol–water partition coefficient (Wildman–Crippen LogP) is 3.35. The van der Waals surface area contributed by atoms with Gasteiger partial charge in [0.15, 0.2) is 11.8 Å². The number of halogens is 1. The number of carbonyl (C=O) groups excluding carboxylic acids is 3. The minimum atomic E-state index is -1.28. The average molecular weight is 728 g/mol. The van der Waals surface area contributed by atoms with Crippen LogP contribution in [0.4, 0.5) is 0 Å². The summed E-state index contributed by atoms with van der Waals surface area (Å²) in [7, 11) is 0. The highest BCUT2D eigenvalue weighted by molar-refractivity contribution is 14.1. The summed E-state index contributed by atoms with van der Waals surface area (Å²) in [4.78, 5) is 46.8. The molecule has 6 atom stereocenters. The van der Waals surface area contributed by atoms with Gasteiger partial charge < -0.3 is 30.0 Å². The molecule has 3 saturated heterocycles. The molecular formula is C32H46IN3O8. The van der Waals surface area contributed by atoms with Crippen LogP contribution in [0.25, 0.3) is 0 Å². The molecule has 0 unspecified atom stereocenters. The number of fused-ring (bicyclic) bond motifs is 4. The zero-order valence-electron chi connectivity index (χ0n) is 25.7. The molecule has 244 valence electrons. The van der Waals surface area contributed by atoms with Crippen molar-refractivity contribution in [1.29, 1.82) is 0 Å². The number of hydrogen-bond donors (Lipinski definition) is 3. The Morgan fingerprint density at radius 3 is 2.34 bits per heavy atom. The number of hydrogen-bond acceptors (Lipinski definition) is 9. The van der Waals surface area contributed by atoms with Gasteiger partial charge in [0, 0.05) is 42.3 Å². The van der Waals surface area contributed by atoms with Gasteiger partial charge in [0.25, 0.3) is 0 Å². The van der Waals surface area contributed by atoms with Gasteiger partial charge in [0.1, 0.15) is 29.8 Å². The average Bonchev–Trinajstić information content (AvgIpc) is 3.56. The van der Waals surface area contributed by atoms with E-state index in [2.05, 4.69) is 47.1 Å². The molecule has 4 aliphatic rings. The third-order valence-electron chi connectivity index (χ3n) is 9.32. The molecule has 1 aliphatic carbocycles. The van der Waals surface area contributed by atoms with Crippen LogP contribution in [0.5, 0.6) is 0 Å². The summed E-state index contributed by atoms with van der Waals surface area (Å²) >= 11 is 2.24. The Morgan fingerprint density at radius 1 is 1.00 bits per heavy atom. The molecule has 3 heterocycles. The molecule has 0 radical (unpaired) electrons. The molecule has 2 bridgehead atoms. The number of nitrogens with one attached hydrogen (secondary N) is 2. The fraction of sp³-hybridized carbons (Fsp3) is 0.719. The molecule has 11 nitrogen and oxygen atoms in total. The fourth-order valence-electron chi connectivity index (χ4n) is 7.20. The zero-order chi connectivity index (χ0) is 31.3. The van der Waals surface area contributed by atoms with Crippen molar-refractivity contribution in [1.82, 2.24) is 15.7 Å². The number of aliphatic hydroxyl groups is 1. The SMILES string of the molecule is CCCCCC1(CCCCC)O[C@@H]2[C@H](O1)[C@H]1ON(Cc3ccc(I)cc3)[C@H]3C(=O)O[C@@H]2C[C@@]13C(=O)NCCC(=O)NCCO. The van der Waals surface area contributed by atoms with E-state index >= 15 is 0 Å². The molecule has 12 heteroatoms. The number of nitrogens with zero attached hydrogens (tertiary/aromatic N) is 1. The summed E-state index contributed by atoms with van der Waals surface area (Å²) in [5, 5.41) is 16.1. The maximum atomic E-state index is 14.3. The number of hydroxylamine groups is 2. The van der Waals surface area contributed by atoms with Gasteiger partial charge in [0.05, 0.1) is 13.2 Å². The summed E-state index contributed by atoms with van der Waals surface area (Å²) in [6, 6.07) is 6.96. The van der Waals surface area contributed by atoms with Gasteiger partial charge in [0.2, 0.25) is 11.8 Å². The number of rotatable bonds is 16. The van der Waals surface area contributed by atoms with Crippen molar-refractivity contribution in [3.63, 3.8) is 0 Å². The Balaban J connectivity index is 1.44. The summed E-state index contributed by atoms with van der Waals surface area (Å²) in [6.45, 7) is 4.68. The first-order chi connectivity index (χ1) is 21.3. The number of carbonyl (C=O) groups is 3. The van der Waals surface area contributed by atoms with Crippen molar-refractivity contribution < 1.29 is 38.5 Å². The molecule has 3 N–H and O–H groups in total. The van der Waals surface area contributed by atoms with Crippen molar-refractivity contribution >= 4 is 40.4 Å². The minimum absolute atomic E-state index is 0.0435. The molecule has 44 heavy (non-hydrogen) atoms. The first kappa shape index (κ1) is 33.5. The third-order valence-corrected chi connectivity index (χ3v) is 10.0. The summed E-state index contributed by atoms with van der Waals surface area (Å²) in [5.41, 5.74) is -0.346. The summed E-state index contributed by atoms with van der Waals surface area (Å²) in [5.74, 6) is -1.97. The summed E-state index contributed by atoms with van der Waals surface area (Å²) < 4.78 is 20.8. The second kappa shape index (κ2) is 14.7. The highest BCUT2D eigenvalue weighted by Crippen LogP contribution is 2.58. The maximum Gasteiger partial charge on any atom is 0.327 e. The van der Waals surface area contributed by atoms with Crippen LogP contribution in [-0.4, -0.2) is 83.9 Å². The van der Waals surface area contributed by atoms with Gasteiger partial charge in [-0.1, -0.05) is 51.7 Å². The quantitative estimate of drug-likeness (QED) is 0.133. The number of aliphatic hydroxyl groups excluding tert-OH is 1. The molecule has 2 amide bonds. The Kier molecular flexibility index (Phi) is 11.2. The van der Waals surface area contributed by atoms with Gasteiger partial charge in [-0.05, 0) is 53.1 Å². The van der Waals surface area contributed by atoms with Crippen molar-refractivity contribution in [2.75, 3.05) is 19.7 Å². The van der Waals surface area contributed by atoms with Gasteiger partial charge in [-0.25, -0.2) is 0 Å². The normalized spacial score (nSPS) is 30.1. The standard InChI is InChI=1S/C32H46IN3O8/c1-3-5-7-14-31(15-8-6-4-2)42-25-23-19-32(30(40)35-16-13-24(38)34-17-18-37)27(29(39)41-23)36(44-28(32)26(25)43-31)20-21-9-11-22(33)12-10-21/h9-12,23,25-28,37H,3-8,13-20H2,1-2H3,(H,34,38)(H,35,40)/t23-,25+,26+,27+,28-,32+/m1/s1. The van der Waals surface area contributed by atoms with Gasteiger partial charge in [-0.15, -0.1) is 0 Å². The Labute approximate surface area is 273 Å². The van der Waals surface area contributed by atoms with Gasteiger partial charge in [-0.2, -0.15) is 5.06 Å². The lowest BCUT2D eigenvalue weighted by atomic mass is 9.62. The van der Waals surface area contributed by atoms with E-state index in [0.29, 0.717) is 0 Å². The largest absolute Gasteiger partial charge is 0.458 e. The lowest BCUT2D eigenvalue weighted by Gasteiger charge is -2.48. The van der Waals surface area contributed by atoms with E-state index in [0.717, 1.165) is 60.5 Å². The van der Waals surface area contributed by atoms with Crippen molar-refractivity contribution in [3.8, 4) is 0 Å². The Morgan fingerprint density at radius 2 is 1.68 bits per heavy atom. The van der Waals surface area contributed by atoms with Crippen LogP contribution >= 0.6 is 22.6 Å². The van der Waals surface area contributed by atoms with Crippen LogP contribution in [0, 0.1) is 8.99 Å². The molecule has 0 spiro atoms. The van der Waals surface area contributed by atoms with E-state index in [1.807, 2.05) is 24.3 Å². The minimum Gasteiger partial charge on any atom is -0.458 e. The van der Waals surface area contributed by atoms with Crippen molar-refractivity contribution in [2.45, 2.75) is 121 Å². The lowest BCUT2D eigenvalue weighted by molar-refractivity contribution is -0.224. The molecule has 5 rings (SSSR count). The third kappa shape index (κ3) is 6.80. The topological polar surface area (TPSA) is 136 Å². The summed E-state index contributed by atoms with van der Waals surface area (Å²) in [6.07, 6.45) is 5.31. The number of unbranched alkanes of at least 4 members (excludes halogenated alkanes) is 4. The van der Waals surface area contributed by atoms with Crippen LogP contribution < -0.4 is 10.6 Å². The molecule has 1 aromatic rings. The van der Waals surface area contributed by atoms with Crippen molar-refractivity contribution in [3.05, 3.63) is 33.4 Å². The Bertz CT molecular complexity index is 1160. The van der Waals surface area contributed by atoms with Crippen LogP contribution in [-0.2, 0) is 40.0 Å². The van der Waals surface area contributed by atoms with E-state index in [-0.39, 0.29) is 50.9 Å². The molecule has 1 saturated carbocycles. The second-order valence-electron chi connectivity index (χ2n) is 12.4. The van der Waals surface area contributed by atoms with Crippen LogP contribution in [0.2, 0.25) is 0 Å². The highest BCUT2D eigenvalue weighted by Gasteiger charge is 2.76. The zero-order valence-corrected chi connectivity index (χ0v) is 27.9. The van der Waals surface area contributed by atoms with E-state index < -0.39 is 47.6 Å². The molecule has 1 aromatic carbocycles. The van der Waals surface area contributed by atoms with E-state index in [1.165, 1.54) is 0 Å². The number of ether oxygens (including phenoxy) is 3. The fourth-order valence-corrected chi connectivity index (χ4v) is 7.56. The first-order valence-corrected chi connectivity index (χ1v) is 17.2. The highest BCUT2D eigenvalue weighted by atomic mass is 127. The van der Waals surface area contributed by atoms with Gasteiger partial charge >= 0.3 is 5.97 Å². The molecule has 3 aliphatic heterocycles. The van der Waals surface area contributed by atoms with E-state index in [1.54, 1.807) is 5.06 Å². The maximum absolute atomic E-state index is 14.3. The monoisotopic (exact) mass is 727 g/mol. The number of esters is 1. The van der Waals surface area contributed by atoms with Crippen molar-refractivity contribution in [2.24, 2.45) is 5.41 Å². The van der Waals surface area contributed by atoms with Crippen LogP contribution in [0.3, 0.4) is 0 Å². The lowest BCUT2D eigenvalue weighted by Crippen LogP contribution is -2.69. The van der Waals surface area contributed by atoms with Crippen LogP contribution in [0.1, 0.15) is 83.6 Å². The van der Waals surface area contributed by atoms with Crippen LogP contribution in [0.15, 0.2) is 24.3 Å². The number of amides is 2. The Hall–Kier alpha value is -1.84. The number of benzene rings is 1.